The molecule has 1 aliphatic rings. The smallest absolute Gasteiger partial charge is 0.142 e. The lowest BCUT2D eigenvalue weighted by Gasteiger charge is -2.33. The minimum Gasteiger partial charge on any atom is -0.280 e. The van der Waals surface area contributed by atoms with Crippen molar-refractivity contribution >= 4 is 0 Å². The molecule has 0 aromatic carbocycles. The number of halogens is 1. The van der Waals surface area contributed by atoms with E-state index >= 15 is 0 Å². The number of likely N-dealkylation sites (tertiary alicyclic amines) is 1. The lowest BCUT2D eigenvalue weighted by atomic mass is 10.2. The van der Waals surface area contributed by atoms with Crippen LogP contribution in [-0.2, 0) is 4.84 Å². The van der Waals surface area contributed by atoms with Crippen molar-refractivity contribution in [2.45, 2.75) is 45.5 Å². The fourth-order valence-electron chi connectivity index (χ4n) is 1.97. The molecule has 0 bridgehead atoms. The van der Waals surface area contributed by atoms with E-state index in [1.807, 2.05) is 13.8 Å². The summed E-state index contributed by atoms with van der Waals surface area (Å²) in [6.07, 6.45) is 0.725. The average molecular weight is 204 g/mol. The third-order valence-electron chi connectivity index (χ3n) is 2.62. The minimum atomic E-state index is -0.759. The number of hydroxylamine groups is 1. The van der Waals surface area contributed by atoms with Crippen LogP contribution < -0.4 is 5.48 Å². The summed E-state index contributed by atoms with van der Waals surface area (Å²) in [5.41, 5.74) is 2.36. The highest BCUT2D eigenvalue weighted by Gasteiger charge is 2.43. The Bertz CT molecular complexity index is 180. The fraction of sp³-hybridized carbons (Fsp3) is 1.00. The number of nitrogens with one attached hydrogen (secondary N) is 1. The second-order valence-electron chi connectivity index (χ2n) is 4.02. The number of alkyl halides is 1. The molecule has 0 aliphatic carbocycles. The van der Waals surface area contributed by atoms with Crippen LogP contribution in [0.3, 0.4) is 0 Å². The molecule has 1 N–H and O–H groups in total. The quantitative estimate of drug-likeness (QED) is 0.690. The molecule has 1 saturated heterocycles. The van der Waals surface area contributed by atoms with Gasteiger partial charge in [-0.1, -0.05) is 13.8 Å². The van der Waals surface area contributed by atoms with Crippen LogP contribution in [0, 0.1) is 0 Å². The van der Waals surface area contributed by atoms with E-state index in [-0.39, 0.29) is 0 Å². The fourth-order valence-corrected chi connectivity index (χ4v) is 1.97. The molecule has 0 aromatic heterocycles. The van der Waals surface area contributed by atoms with Crippen molar-refractivity contribution in [1.82, 2.24) is 10.4 Å². The zero-order valence-corrected chi connectivity index (χ0v) is 9.35. The minimum absolute atomic E-state index is 0.458. The Balaban J connectivity index is 2.53. The zero-order chi connectivity index (χ0) is 10.6. The van der Waals surface area contributed by atoms with Crippen molar-refractivity contribution in [3.8, 4) is 0 Å². The van der Waals surface area contributed by atoms with Gasteiger partial charge in [0, 0.05) is 26.1 Å². The van der Waals surface area contributed by atoms with E-state index in [0.717, 1.165) is 19.5 Å². The summed E-state index contributed by atoms with van der Waals surface area (Å²) in [5, 5.41) is 0. The lowest BCUT2D eigenvalue weighted by molar-refractivity contribution is -0.167. The monoisotopic (exact) mass is 204 g/mol. The first kappa shape index (κ1) is 11.9. The van der Waals surface area contributed by atoms with Gasteiger partial charge in [-0.3, -0.25) is 9.74 Å². The van der Waals surface area contributed by atoms with Crippen LogP contribution in [0.15, 0.2) is 0 Å². The Kier molecular flexibility index (Phi) is 4.29. The van der Waals surface area contributed by atoms with Crippen molar-refractivity contribution in [3.05, 3.63) is 0 Å². The number of hydrogen-bond acceptors (Lipinski definition) is 3. The van der Waals surface area contributed by atoms with Crippen LogP contribution >= 0.6 is 0 Å². The third-order valence-corrected chi connectivity index (χ3v) is 2.62. The van der Waals surface area contributed by atoms with Crippen molar-refractivity contribution < 1.29 is 9.23 Å². The lowest BCUT2D eigenvalue weighted by Crippen LogP contribution is -2.47. The molecule has 1 heterocycles. The molecular weight excluding hydrogens is 183 g/mol. The molecule has 14 heavy (non-hydrogen) atoms. The van der Waals surface area contributed by atoms with Gasteiger partial charge in [-0.2, -0.15) is 0 Å². The van der Waals surface area contributed by atoms with Crippen LogP contribution in [0.4, 0.5) is 4.39 Å². The summed E-state index contributed by atoms with van der Waals surface area (Å²) >= 11 is 0. The molecular formula is C10H21FN2O. The molecule has 2 atom stereocenters. The zero-order valence-electron chi connectivity index (χ0n) is 9.35. The second-order valence-corrected chi connectivity index (χ2v) is 4.02. The molecule has 1 unspecified atom stereocenters. The molecule has 4 heteroatoms. The van der Waals surface area contributed by atoms with Gasteiger partial charge >= 0.3 is 0 Å². The van der Waals surface area contributed by atoms with Gasteiger partial charge in [0.2, 0.25) is 0 Å². The van der Waals surface area contributed by atoms with Crippen molar-refractivity contribution in [1.29, 1.82) is 0 Å². The molecule has 0 amide bonds. The van der Waals surface area contributed by atoms with Crippen LogP contribution in [0.5, 0.6) is 0 Å². The summed E-state index contributed by atoms with van der Waals surface area (Å²) in [6.45, 7) is 8.14. The molecule has 1 rings (SSSR count). The predicted octanol–water partition coefficient (Wildman–Crippen LogP) is 1.70. The number of nitrogens with zero attached hydrogens (tertiary/aromatic N) is 1. The number of rotatable bonds is 5. The van der Waals surface area contributed by atoms with E-state index in [0.29, 0.717) is 13.0 Å². The van der Waals surface area contributed by atoms with E-state index in [2.05, 4.69) is 17.3 Å². The Labute approximate surface area is 85.6 Å². The van der Waals surface area contributed by atoms with Gasteiger partial charge in [0.1, 0.15) is 11.9 Å². The van der Waals surface area contributed by atoms with Crippen LogP contribution in [0.1, 0.15) is 33.6 Å². The molecule has 1 fully saturated rings. The summed E-state index contributed by atoms with van der Waals surface area (Å²) < 4.78 is 13.3. The summed E-state index contributed by atoms with van der Waals surface area (Å²) in [5.74, 6) is 0. The Morgan fingerprint density at radius 1 is 1.57 bits per heavy atom. The number of hydrogen-bond donors (Lipinski definition) is 1. The topological polar surface area (TPSA) is 24.5 Å². The maximum absolute atomic E-state index is 13.3. The third kappa shape index (κ3) is 2.65. The molecule has 0 saturated carbocycles. The van der Waals surface area contributed by atoms with Gasteiger partial charge in [0.25, 0.3) is 0 Å². The van der Waals surface area contributed by atoms with Gasteiger partial charge in [0.15, 0.2) is 0 Å². The van der Waals surface area contributed by atoms with Crippen LogP contribution in [0.25, 0.3) is 0 Å². The van der Waals surface area contributed by atoms with E-state index in [1.165, 1.54) is 0 Å². The largest absolute Gasteiger partial charge is 0.280 e. The van der Waals surface area contributed by atoms with Crippen LogP contribution in [-0.4, -0.2) is 36.4 Å². The van der Waals surface area contributed by atoms with Gasteiger partial charge in [-0.25, -0.2) is 9.87 Å². The van der Waals surface area contributed by atoms with Gasteiger partial charge in [-0.05, 0) is 13.3 Å². The highest BCUT2D eigenvalue weighted by atomic mass is 19.1. The van der Waals surface area contributed by atoms with E-state index in [1.54, 1.807) is 0 Å². The van der Waals surface area contributed by atoms with Gasteiger partial charge < -0.3 is 0 Å². The molecule has 0 aromatic rings. The first-order valence-corrected chi connectivity index (χ1v) is 5.42. The van der Waals surface area contributed by atoms with Crippen molar-refractivity contribution in [2.24, 2.45) is 0 Å². The van der Waals surface area contributed by atoms with Crippen LogP contribution in [0.2, 0.25) is 0 Å². The van der Waals surface area contributed by atoms with Crippen molar-refractivity contribution in [2.75, 3.05) is 19.6 Å². The summed E-state index contributed by atoms with van der Waals surface area (Å²) in [7, 11) is 0. The second kappa shape index (κ2) is 5.05. The summed E-state index contributed by atoms with van der Waals surface area (Å²) in [6, 6.07) is 0. The Hall–Kier alpha value is -0.190. The van der Waals surface area contributed by atoms with Gasteiger partial charge in [0.05, 0.1) is 0 Å². The van der Waals surface area contributed by atoms with E-state index in [9.17, 15) is 4.39 Å². The predicted molar refractivity (Wildman–Crippen MR) is 54.5 cm³/mol. The SMILES string of the molecule is CCCN1C[C@H](F)CC1(C)ONCC. The highest BCUT2D eigenvalue weighted by molar-refractivity contribution is 4.89. The Morgan fingerprint density at radius 3 is 2.86 bits per heavy atom. The Morgan fingerprint density at radius 2 is 2.29 bits per heavy atom. The maximum atomic E-state index is 13.3. The summed E-state index contributed by atoms with van der Waals surface area (Å²) in [4.78, 5) is 7.58. The highest BCUT2D eigenvalue weighted by Crippen LogP contribution is 2.31. The first-order chi connectivity index (χ1) is 6.62. The molecule has 1 aliphatic heterocycles. The van der Waals surface area contributed by atoms with E-state index in [4.69, 9.17) is 4.84 Å². The molecule has 0 radical (unpaired) electrons. The average Bonchev–Trinajstić information content (AvgIpc) is 2.40. The maximum Gasteiger partial charge on any atom is 0.142 e. The normalized spacial score (nSPS) is 33.9. The molecule has 0 spiro atoms. The standard InChI is InChI=1S/C10H21FN2O/c1-4-6-13-8-9(11)7-10(13,3)14-12-5-2/h9,12H,4-8H2,1-3H3/t9-,10?/m1/s1. The molecule has 84 valence electrons. The first-order valence-electron chi connectivity index (χ1n) is 5.42. The van der Waals surface area contributed by atoms with E-state index < -0.39 is 11.9 Å². The molecule has 3 nitrogen and oxygen atoms in total. The van der Waals surface area contributed by atoms with Crippen molar-refractivity contribution in [3.63, 3.8) is 0 Å². The van der Waals surface area contributed by atoms with Gasteiger partial charge in [-0.15, -0.1) is 0 Å².